The second-order valence-electron chi connectivity index (χ2n) is 6.72. The van der Waals surface area contributed by atoms with Gasteiger partial charge in [0.15, 0.2) is 5.96 Å². The predicted octanol–water partition coefficient (Wildman–Crippen LogP) is 3.48. The summed E-state index contributed by atoms with van der Waals surface area (Å²) in [6.07, 6.45) is 4.69. The molecule has 0 aliphatic heterocycles. The number of aromatic nitrogens is 1. The lowest BCUT2D eigenvalue weighted by Gasteiger charge is -2.32. The van der Waals surface area contributed by atoms with Crippen LogP contribution in [0.5, 0.6) is 0 Å². The normalized spacial score (nSPS) is 12.4. The zero-order chi connectivity index (χ0) is 18.8. The number of aliphatic hydroxyl groups excluding tert-OH is 1. The molecule has 5 nitrogen and oxygen atoms in total. The summed E-state index contributed by atoms with van der Waals surface area (Å²) < 4.78 is 0. The molecular weight excluding hydrogens is 324 g/mol. The van der Waals surface area contributed by atoms with Crippen molar-refractivity contribution in [2.75, 3.05) is 19.7 Å². The van der Waals surface area contributed by atoms with E-state index in [-0.39, 0.29) is 12.0 Å². The molecule has 0 amide bonds. The van der Waals surface area contributed by atoms with Crippen molar-refractivity contribution in [3.63, 3.8) is 0 Å². The molecule has 0 saturated carbocycles. The van der Waals surface area contributed by atoms with Crippen molar-refractivity contribution in [2.24, 2.45) is 10.4 Å². The number of hydrogen-bond acceptors (Lipinski definition) is 3. The summed E-state index contributed by atoms with van der Waals surface area (Å²) in [5.74, 6) is 0.810. The Morgan fingerprint density at radius 2 is 1.88 bits per heavy atom. The molecule has 0 spiro atoms. The van der Waals surface area contributed by atoms with Crippen LogP contribution in [0.3, 0.4) is 0 Å². The molecule has 1 heterocycles. The first kappa shape index (κ1) is 20.2. The molecule has 5 heteroatoms. The highest BCUT2D eigenvalue weighted by molar-refractivity contribution is 5.83. The SMILES string of the molecule is CCNC(=NCc1cccc2cccnc12)NCC(CC)(CC)CCO. The minimum Gasteiger partial charge on any atom is -0.396 e. The molecule has 0 aliphatic carbocycles. The van der Waals surface area contributed by atoms with Crippen LogP contribution in [-0.4, -0.2) is 35.7 Å². The van der Waals surface area contributed by atoms with Crippen LogP contribution in [0.4, 0.5) is 0 Å². The zero-order valence-electron chi connectivity index (χ0n) is 16.3. The Balaban J connectivity index is 2.13. The molecule has 26 heavy (non-hydrogen) atoms. The van der Waals surface area contributed by atoms with Crippen LogP contribution in [0.1, 0.15) is 45.6 Å². The number of benzene rings is 1. The third-order valence-electron chi connectivity index (χ3n) is 5.24. The largest absolute Gasteiger partial charge is 0.396 e. The van der Waals surface area contributed by atoms with Gasteiger partial charge in [0, 0.05) is 31.3 Å². The lowest BCUT2D eigenvalue weighted by Crippen LogP contribution is -2.43. The summed E-state index contributed by atoms with van der Waals surface area (Å²) in [7, 11) is 0. The minimum absolute atomic E-state index is 0.103. The molecule has 0 atom stereocenters. The van der Waals surface area contributed by atoms with E-state index in [1.807, 2.05) is 12.3 Å². The van der Waals surface area contributed by atoms with Crippen molar-refractivity contribution in [3.05, 3.63) is 42.1 Å². The lowest BCUT2D eigenvalue weighted by molar-refractivity contribution is 0.169. The number of guanidine groups is 1. The fourth-order valence-corrected chi connectivity index (χ4v) is 3.25. The second-order valence-corrected chi connectivity index (χ2v) is 6.72. The van der Waals surface area contributed by atoms with Crippen molar-refractivity contribution in [1.29, 1.82) is 0 Å². The smallest absolute Gasteiger partial charge is 0.191 e. The Kier molecular flexibility index (Phi) is 7.85. The molecule has 2 rings (SSSR count). The molecule has 0 aliphatic rings. The number of para-hydroxylation sites is 1. The van der Waals surface area contributed by atoms with Crippen LogP contribution in [0, 0.1) is 5.41 Å². The van der Waals surface area contributed by atoms with Crippen molar-refractivity contribution < 1.29 is 5.11 Å². The van der Waals surface area contributed by atoms with Gasteiger partial charge in [-0.3, -0.25) is 4.98 Å². The Morgan fingerprint density at radius 3 is 2.58 bits per heavy atom. The Labute approximate surface area is 157 Å². The maximum Gasteiger partial charge on any atom is 0.191 e. The van der Waals surface area contributed by atoms with Gasteiger partial charge >= 0.3 is 0 Å². The number of nitrogens with zero attached hydrogens (tertiary/aromatic N) is 2. The van der Waals surface area contributed by atoms with Crippen molar-refractivity contribution >= 4 is 16.9 Å². The summed E-state index contributed by atoms with van der Waals surface area (Å²) in [6, 6.07) is 10.2. The van der Waals surface area contributed by atoms with Crippen LogP contribution in [-0.2, 0) is 6.54 Å². The van der Waals surface area contributed by atoms with Gasteiger partial charge in [0.2, 0.25) is 0 Å². The fourth-order valence-electron chi connectivity index (χ4n) is 3.25. The van der Waals surface area contributed by atoms with Crippen LogP contribution in [0.25, 0.3) is 10.9 Å². The monoisotopic (exact) mass is 356 g/mol. The highest BCUT2D eigenvalue weighted by atomic mass is 16.3. The number of aliphatic imine (C=N–C) groups is 1. The van der Waals surface area contributed by atoms with Gasteiger partial charge < -0.3 is 15.7 Å². The molecular formula is C21H32N4O. The van der Waals surface area contributed by atoms with Crippen molar-refractivity contribution in [1.82, 2.24) is 15.6 Å². The topological polar surface area (TPSA) is 69.5 Å². The molecule has 2 aromatic rings. The standard InChI is InChI=1S/C21H32N4O/c1-4-21(5-2,12-14-26)16-25-20(22-6-3)24-15-18-10-7-9-17-11-8-13-23-19(17)18/h7-11,13,26H,4-6,12,14-16H2,1-3H3,(H2,22,24,25). The molecule has 3 N–H and O–H groups in total. The van der Waals surface area contributed by atoms with E-state index in [0.29, 0.717) is 6.54 Å². The maximum absolute atomic E-state index is 9.40. The van der Waals surface area contributed by atoms with E-state index in [9.17, 15) is 5.11 Å². The van der Waals surface area contributed by atoms with Crippen LogP contribution in [0.2, 0.25) is 0 Å². The van der Waals surface area contributed by atoms with E-state index in [2.05, 4.69) is 60.7 Å². The lowest BCUT2D eigenvalue weighted by atomic mass is 9.79. The van der Waals surface area contributed by atoms with Crippen LogP contribution in [0.15, 0.2) is 41.5 Å². The summed E-state index contributed by atoms with van der Waals surface area (Å²) in [5.41, 5.74) is 2.23. The second kappa shape index (κ2) is 10.1. The number of fused-ring (bicyclic) bond motifs is 1. The average Bonchev–Trinajstić information content (AvgIpc) is 2.69. The van der Waals surface area contributed by atoms with E-state index >= 15 is 0 Å². The zero-order valence-corrected chi connectivity index (χ0v) is 16.3. The average molecular weight is 357 g/mol. The van der Waals surface area contributed by atoms with Crippen LogP contribution < -0.4 is 10.6 Å². The molecule has 0 unspecified atom stereocenters. The third-order valence-corrected chi connectivity index (χ3v) is 5.24. The number of nitrogens with one attached hydrogen (secondary N) is 2. The van der Waals surface area contributed by atoms with Gasteiger partial charge in [0.25, 0.3) is 0 Å². The summed E-state index contributed by atoms with van der Waals surface area (Å²) >= 11 is 0. The summed E-state index contributed by atoms with van der Waals surface area (Å²) in [4.78, 5) is 9.26. The predicted molar refractivity (Wildman–Crippen MR) is 109 cm³/mol. The number of rotatable bonds is 9. The Morgan fingerprint density at radius 1 is 1.12 bits per heavy atom. The van der Waals surface area contributed by atoms with Gasteiger partial charge in [-0.15, -0.1) is 0 Å². The van der Waals surface area contributed by atoms with Gasteiger partial charge in [-0.05, 0) is 43.2 Å². The maximum atomic E-state index is 9.40. The summed E-state index contributed by atoms with van der Waals surface area (Å²) in [5, 5.41) is 17.3. The molecule has 0 radical (unpaired) electrons. The first-order chi connectivity index (χ1) is 12.7. The molecule has 142 valence electrons. The molecule has 0 saturated heterocycles. The third kappa shape index (κ3) is 5.18. The van der Waals surface area contributed by atoms with Gasteiger partial charge in [0.05, 0.1) is 12.1 Å². The van der Waals surface area contributed by atoms with E-state index in [1.165, 1.54) is 0 Å². The highest BCUT2D eigenvalue weighted by Gasteiger charge is 2.25. The first-order valence-corrected chi connectivity index (χ1v) is 9.63. The Hall–Kier alpha value is -2.14. The summed E-state index contributed by atoms with van der Waals surface area (Å²) in [6.45, 7) is 8.86. The van der Waals surface area contributed by atoms with Gasteiger partial charge in [-0.2, -0.15) is 0 Å². The van der Waals surface area contributed by atoms with Gasteiger partial charge in [-0.25, -0.2) is 4.99 Å². The van der Waals surface area contributed by atoms with Crippen molar-refractivity contribution in [3.8, 4) is 0 Å². The fraction of sp³-hybridized carbons (Fsp3) is 0.524. The molecule has 0 bridgehead atoms. The van der Waals surface area contributed by atoms with E-state index in [4.69, 9.17) is 4.99 Å². The number of aliphatic hydroxyl groups is 1. The highest BCUT2D eigenvalue weighted by Crippen LogP contribution is 2.29. The van der Waals surface area contributed by atoms with Gasteiger partial charge in [-0.1, -0.05) is 38.1 Å². The molecule has 0 fully saturated rings. The molecule has 1 aromatic heterocycles. The Bertz CT molecular complexity index is 705. The molecule has 1 aromatic carbocycles. The minimum atomic E-state index is 0.103. The number of hydrogen-bond donors (Lipinski definition) is 3. The van der Waals surface area contributed by atoms with Crippen LogP contribution >= 0.6 is 0 Å². The first-order valence-electron chi connectivity index (χ1n) is 9.63. The van der Waals surface area contributed by atoms with E-state index in [0.717, 1.165) is 54.8 Å². The van der Waals surface area contributed by atoms with E-state index < -0.39 is 0 Å². The van der Waals surface area contributed by atoms with E-state index in [1.54, 1.807) is 0 Å². The van der Waals surface area contributed by atoms with Crippen molar-refractivity contribution in [2.45, 2.75) is 46.6 Å². The number of pyridine rings is 1. The quantitative estimate of drug-likeness (QED) is 0.475. The van der Waals surface area contributed by atoms with Gasteiger partial charge in [0.1, 0.15) is 0 Å².